The molecule has 1 fully saturated rings. The van der Waals surface area contributed by atoms with Gasteiger partial charge in [-0.1, -0.05) is 30.3 Å². The van der Waals surface area contributed by atoms with Crippen molar-refractivity contribution in [3.63, 3.8) is 0 Å². The van der Waals surface area contributed by atoms with Crippen molar-refractivity contribution in [2.45, 2.75) is 32.2 Å². The van der Waals surface area contributed by atoms with Gasteiger partial charge in [-0.05, 0) is 50.8 Å². The summed E-state index contributed by atoms with van der Waals surface area (Å²) in [5.41, 5.74) is 7.30. The fourth-order valence-electron chi connectivity index (χ4n) is 3.44. The Morgan fingerprint density at radius 3 is 2.44 bits per heavy atom. The van der Waals surface area contributed by atoms with Gasteiger partial charge in [0.1, 0.15) is 0 Å². The van der Waals surface area contributed by atoms with Crippen molar-refractivity contribution in [3.8, 4) is 0 Å². The summed E-state index contributed by atoms with van der Waals surface area (Å²) in [6.45, 7) is 4.30. The summed E-state index contributed by atoms with van der Waals surface area (Å²) in [6, 6.07) is 10.9. The van der Waals surface area contributed by atoms with Crippen LogP contribution in [0.2, 0.25) is 0 Å². The highest BCUT2D eigenvalue weighted by atomic mass is 15.3. The summed E-state index contributed by atoms with van der Waals surface area (Å²) in [6.07, 6.45) is 3.59. The van der Waals surface area contributed by atoms with E-state index in [4.69, 9.17) is 5.73 Å². The molecule has 1 aromatic carbocycles. The molecule has 0 bridgehead atoms. The lowest BCUT2D eigenvalue weighted by atomic mass is 9.89. The number of nitrogens with two attached hydrogens (primary N) is 1. The van der Waals surface area contributed by atoms with Crippen LogP contribution in [0.5, 0.6) is 0 Å². The van der Waals surface area contributed by atoms with E-state index in [0.717, 1.165) is 24.8 Å². The van der Waals surface area contributed by atoms with E-state index in [0.29, 0.717) is 11.9 Å². The maximum Gasteiger partial charge on any atom is 0.229 e. The predicted molar refractivity (Wildman–Crippen MR) is 101 cm³/mol. The van der Waals surface area contributed by atoms with Crippen molar-refractivity contribution in [1.29, 1.82) is 0 Å². The zero-order valence-electron chi connectivity index (χ0n) is 15.4. The van der Waals surface area contributed by atoms with Crippen LogP contribution in [0.25, 0.3) is 0 Å². The molecule has 1 aliphatic heterocycles. The standard InChI is InChI=1S/C19H28N6/c1-14(17-21-18(20)23-19(22-17)24(2)3)25-11-9-16(10-12-25)13-15-7-5-4-6-8-15/h4-8,14,16H,9-13H2,1-3H3,(H2,20,21,22,23)/t14-/m1/s1. The first-order valence-electron chi connectivity index (χ1n) is 8.99. The molecule has 0 saturated carbocycles. The summed E-state index contributed by atoms with van der Waals surface area (Å²) in [5, 5.41) is 0. The lowest BCUT2D eigenvalue weighted by Gasteiger charge is -2.35. The van der Waals surface area contributed by atoms with Gasteiger partial charge in [0.15, 0.2) is 5.82 Å². The summed E-state index contributed by atoms with van der Waals surface area (Å²) < 4.78 is 0. The van der Waals surface area contributed by atoms with Crippen LogP contribution in [-0.2, 0) is 6.42 Å². The minimum absolute atomic E-state index is 0.154. The summed E-state index contributed by atoms with van der Waals surface area (Å²) in [4.78, 5) is 17.4. The highest BCUT2D eigenvalue weighted by Gasteiger charge is 2.25. The average Bonchev–Trinajstić information content (AvgIpc) is 2.62. The Balaban J connectivity index is 1.61. The molecule has 0 aliphatic carbocycles. The summed E-state index contributed by atoms with van der Waals surface area (Å²) in [7, 11) is 3.83. The molecule has 2 N–H and O–H groups in total. The number of nitrogens with zero attached hydrogens (tertiary/aromatic N) is 5. The van der Waals surface area contributed by atoms with E-state index >= 15 is 0 Å². The number of hydrogen-bond donors (Lipinski definition) is 1. The number of piperidine rings is 1. The first kappa shape index (κ1) is 17.6. The third-order valence-electron chi connectivity index (χ3n) is 5.00. The molecule has 0 unspecified atom stereocenters. The largest absolute Gasteiger partial charge is 0.368 e. The van der Waals surface area contributed by atoms with Crippen LogP contribution in [0.15, 0.2) is 30.3 Å². The third kappa shape index (κ3) is 4.45. The Bertz CT molecular complexity index is 680. The highest BCUT2D eigenvalue weighted by Crippen LogP contribution is 2.27. The molecule has 2 aromatic rings. The third-order valence-corrected chi connectivity index (χ3v) is 5.00. The van der Waals surface area contributed by atoms with Crippen LogP contribution in [-0.4, -0.2) is 47.0 Å². The van der Waals surface area contributed by atoms with E-state index in [2.05, 4.69) is 57.1 Å². The van der Waals surface area contributed by atoms with Crippen molar-refractivity contribution in [1.82, 2.24) is 19.9 Å². The molecule has 134 valence electrons. The van der Waals surface area contributed by atoms with Gasteiger partial charge in [0, 0.05) is 14.1 Å². The molecule has 0 radical (unpaired) electrons. The van der Waals surface area contributed by atoms with Crippen LogP contribution in [0.4, 0.5) is 11.9 Å². The van der Waals surface area contributed by atoms with E-state index < -0.39 is 0 Å². The normalized spacial score (nSPS) is 17.4. The van der Waals surface area contributed by atoms with Gasteiger partial charge in [-0.2, -0.15) is 15.0 Å². The zero-order valence-corrected chi connectivity index (χ0v) is 15.4. The van der Waals surface area contributed by atoms with Gasteiger partial charge in [-0.25, -0.2) is 0 Å². The second-order valence-corrected chi connectivity index (χ2v) is 7.09. The smallest absolute Gasteiger partial charge is 0.229 e. The first-order valence-corrected chi connectivity index (χ1v) is 8.99. The molecule has 1 aliphatic rings. The molecule has 1 saturated heterocycles. The van der Waals surface area contributed by atoms with E-state index in [1.807, 2.05) is 19.0 Å². The fourth-order valence-corrected chi connectivity index (χ4v) is 3.44. The van der Waals surface area contributed by atoms with Crippen LogP contribution >= 0.6 is 0 Å². The second-order valence-electron chi connectivity index (χ2n) is 7.09. The number of likely N-dealkylation sites (tertiary alicyclic amines) is 1. The molecule has 25 heavy (non-hydrogen) atoms. The zero-order chi connectivity index (χ0) is 17.8. The predicted octanol–water partition coefficient (Wildman–Crippen LogP) is 2.54. The Kier molecular flexibility index (Phi) is 5.48. The SMILES string of the molecule is C[C@H](c1nc(N)nc(N(C)C)n1)N1CCC(Cc2ccccc2)CC1. The molecule has 6 nitrogen and oxygen atoms in total. The Morgan fingerprint density at radius 1 is 1.12 bits per heavy atom. The Hall–Kier alpha value is -2.21. The van der Waals surface area contributed by atoms with Gasteiger partial charge in [0.2, 0.25) is 11.9 Å². The number of aromatic nitrogens is 3. The first-order chi connectivity index (χ1) is 12.0. The van der Waals surface area contributed by atoms with Gasteiger partial charge in [0.05, 0.1) is 6.04 Å². The van der Waals surface area contributed by atoms with Crippen LogP contribution in [0, 0.1) is 5.92 Å². The van der Waals surface area contributed by atoms with Crippen LogP contribution < -0.4 is 10.6 Å². The number of anilines is 2. The molecule has 3 rings (SSSR count). The maximum atomic E-state index is 5.87. The van der Waals surface area contributed by atoms with Crippen molar-refractivity contribution in [2.75, 3.05) is 37.8 Å². The van der Waals surface area contributed by atoms with Crippen LogP contribution in [0.1, 0.15) is 37.2 Å². The number of nitrogen functional groups attached to an aromatic ring is 1. The van der Waals surface area contributed by atoms with Gasteiger partial charge in [-0.15, -0.1) is 0 Å². The fraction of sp³-hybridized carbons (Fsp3) is 0.526. The minimum atomic E-state index is 0.154. The van der Waals surface area contributed by atoms with Crippen molar-refractivity contribution in [3.05, 3.63) is 41.7 Å². The van der Waals surface area contributed by atoms with E-state index in [9.17, 15) is 0 Å². The maximum absolute atomic E-state index is 5.87. The van der Waals surface area contributed by atoms with Crippen molar-refractivity contribution in [2.24, 2.45) is 5.92 Å². The molecule has 1 aromatic heterocycles. The Morgan fingerprint density at radius 2 is 1.80 bits per heavy atom. The molecule has 2 heterocycles. The lowest BCUT2D eigenvalue weighted by Crippen LogP contribution is -2.37. The molecule has 6 heteroatoms. The van der Waals surface area contributed by atoms with Gasteiger partial charge >= 0.3 is 0 Å². The molecular formula is C19H28N6. The Labute approximate surface area is 150 Å². The highest BCUT2D eigenvalue weighted by molar-refractivity contribution is 5.33. The monoisotopic (exact) mass is 340 g/mol. The van der Waals surface area contributed by atoms with Gasteiger partial charge in [-0.3, -0.25) is 4.90 Å². The lowest BCUT2D eigenvalue weighted by molar-refractivity contribution is 0.136. The van der Waals surface area contributed by atoms with Crippen molar-refractivity contribution >= 4 is 11.9 Å². The number of hydrogen-bond acceptors (Lipinski definition) is 6. The molecular weight excluding hydrogens is 312 g/mol. The average molecular weight is 340 g/mol. The van der Waals surface area contributed by atoms with Gasteiger partial charge in [0.25, 0.3) is 0 Å². The van der Waals surface area contributed by atoms with E-state index in [-0.39, 0.29) is 6.04 Å². The molecule has 0 amide bonds. The second kappa shape index (κ2) is 7.78. The van der Waals surface area contributed by atoms with Gasteiger partial charge < -0.3 is 10.6 Å². The quantitative estimate of drug-likeness (QED) is 0.902. The van der Waals surface area contributed by atoms with Crippen LogP contribution in [0.3, 0.4) is 0 Å². The number of benzene rings is 1. The van der Waals surface area contributed by atoms with E-state index in [1.54, 1.807) is 0 Å². The molecule has 0 spiro atoms. The molecule has 1 atom stereocenters. The van der Waals surface area contributed by atoms with E-state index in [1.165, 1.54) is 24.8 Å². The minimum Gasteiger partial charge on any atom is -0.368 e. The topological polar surface area (TPSA) is 71.2 Å². The summed E-state index contributed by atoms with van der Waals surface area (Å²) in [5.74, 6) is 2.43. The van der Waals surface area contributed by atoms with Crippen molar-refractivity contribution < 1.29 is 0 Å². The number of rotatable bonds is 5. The summed E-state index contributed by atoms with van der Waals surface area (Å²) >= 11 is 0.